The van der Waals surface area contributed by atoms with Gasteiger partial charge in [0.2, 0.25) is 0 Å². The Kier molecular flexibility index (Phi) is 6.39. The number of hydrogen-bond acceptors (Lipinski definition) is 5. The summed E-state index contributed by atoms with van der Waals surface area (Å²) in [6.45, 7) is 6.69. The number of methoxy groups -OCH3 is 1. The first-order valence-electron chi connectivity index (χ1n) is 8.55. The number of H-pyrrole nitrogens is 1. The molecular weight excluding hydrogens is 348 g/mol. The fourth-order valence-electron chi connectivity index (χ4n) is 3.00. The van der Waals surface area contributed by atoms with Gasteiger partial charge in [-0.3, -0.25) is 4.79 Å². The maximum absolute atomic E-state index is 12.3. The van der Waals surface area contributed by atoms with Crippen molar-refractivity contribution in [2.24, 2.45) is 0 Å². The van der Waals surface area contributed by atoms with E-state index in [1.54, 1.807) is 13.8 Å². The molecule has 0 fully saturated rings. The molecule has 0 aliphatic carbocycles. The minimum absolute atomic E-state index is 0.132. The van der Waals surface area contributed by atoms with Gasteiger partial charge in [0, 0.05) is 5.69 Å². The van der Waals surface area contributed by atoms with E-state index in [2.05, 4.69) is 10.3 Å². The van der Waals surface area contributed by atoms with Gasteiger partial charge in [0.15, 0.2) is 6.61 Å². The Labute approximate surface area is 158 Å². The Morgan fingerprint density at radius 1 is 1.11 bits per heavy atom. The highest BCUT2D eigenvalue weighted by Crippen LogP contribution is 2.20. The predicted octanol–water partition coefficient (Wildman–Crippen LogP) is 2.76. The topological polar surface area (TPSA) is 97.5 Å². The number of esters is 2. The van der Waals surface area contributed by atoms with Gasteiger partial charge in [-0.05, 0) is 44.4 Å². The quantitative estimate of drug-likeness (QED) is 0.760. The normalized spacial score (nSPS) is 11.6. The molecule has 0 aliphatic heterocycles. The van der Waals surface area contributed by atoms with Crippen molar-refractivity contribution < 1.29 is 23.9 Å². The van der Waals surface area contributed by atoms with Crippen molar-refractivity contribution >= 4 is 17.8 Å². The summed E-state index contributed by atoms with van der Waals surface area (Å²) in [6.07, 6.45) is 0. The lowest BCUT2D eigenvalue weighted by atomic mass is 10.0. The van der Waals surface area contributed by atoms with Gasteiger partial charge in [-0.15, -0.1) is 0 Å². The van der Waals surface area contributed by atoms with E-state index in [0.29, 0.717) is 16.8 Å². The third-order valence-corrected chi connectivity index (χ3v) is 4.40. The Morgan fingerprint density at radius 3 is 2.41 bits per heavy atom. The highest BCUT2D eigenvalue weighted by molar-refractivity contribution is 5.99. The zero-order valence-electron chi connectivity index (χ0n) is 16.1. The summed E-state index contributed by atoms with van der Waals surface area (Å²) in [5.74, 6) is -1.65. The number of rotatable bonds is 6. The van der Waals surface area contributed by atoms with Crippen molar-refractivity contribution in [3.63, 3.8) is 0 Å². The number of amides is 1. The molecule has 1 aromatic carbocycles. The fourth-order valence-corrected chi connectivity index (χ4v) is 3.00. The van der Waals surface area contributed by atoms with Gasteiger partial charge in [0.05, 0.1) is 18.7 Å². The molecule has 0 spiro atoms. The number of benzene rings is 1. The van der Waals surface area contributed by atoms with E-state index >= 15 is 0 Å². The van der Waals surface area contributed by atoms with Crippen molar-refractivity contribution in [1.82, 2.24) is 10.3 Å². The summed E-state index contributed by atoms with van der Waals surface area (Å²) >= 11 is 0. The first-order chi connectivity index (χ1) is 12.8. The van der Waals surface area contributed by atoms with Crippen molar-refractivity contribution in [1.29, 1.82) is 0 Å². The first-order valence-corrected chi connectivity index (χ1v) is 8.55. The molecule has 1 heterocycles. The van der Waals surface area contributed by atoms with E-state index in [-0.39, 0.29) is 11.7 Å². The van der Waals surface area contributed by atoms with Crippen LogP contribution in [0.2, 0.25) is 0 Å². The number of carbonyl (C=O) groups is 3. The highest BCUT2D eigenvalue weighted by Gasteiger charge is 2.24. The molecule has 2 aromatic rings. The van der Waals surface area contributed by atoms with E-state index in [0.717, 1.165) is 11.1 Å². The summed E-state index contributed by atoms with van der Waals surface area (Å²) in [5.41, 5.74) is 3.42. The van der Waals surface area contributed by atoms with Crippen LogP contribution >= 0.6 is 0 Å². The predicted molar refractivity (Wildman–Crippen MR) is 99.6 cm³/mol. The Morgan fingerprint density at radius 2 is 1.78 bits per heavy atom. The molecular formula is C20H24N2O5. The summed E-state index contributed by atoms with van der Waals surface area (Å²) in [5, 5.41) is 2.80. The minimum Gasteiger partial charge on any atom is -0.465 e. The molecule has 7 nitrogen and oxygen atoms in total. The molecule has 0 unspecified atom stereocenters. The maximum Gasteiger partial charge on any atom is 0.355 e. The van der Waals surface area contributed by atoms with E-state index < -0.39 is 24.5 Å². The van der Waals surface area contributed by atoms with Crippen molar-refractivity contribution in [3.05, 3.63) is 57.9 Å². The lowest BCUT2D eigenvalue weighted by Gasteiger charge is -2.16. The molecule has 2 rings (SSSR count). The number of hydrogen-bond donors (Lipinski definition) is 2. The first kappa shape index (κ1) is 20.2. The number of aromatic amines is 1. The second kappa shape index (κ2) is 8.53. The number of aromatic nitrogens is 1. The van der Waals surface area contributed by atoms with Crippen molar-refractivity contribution in [2.45, 2.75) is 33.7 Å². The largest absolute Gasteiger partial charge is 0.465 e. The molecule has 2 N–H and O–H groups in total. The lowest BCUT2D eigenvalue weighted by Crippen LogP contribution is -2.31. The van der Waals surface area contributed by atoms with Crippen LogP contribution in [-0.4, -0.2) is 36.5 Å². The average molecular weight is 372 g/mol. The average Bonchev–Trinajstić information content (AvgIpc) is 2.93. The molecule has 1 aromatic heterocycles. The van der Waals surface area contributed by atoms with Crippen LogP contribution in [0.4, 0.5) is 0 Å². The van der Waals surface area contributed by atoms with Crippen molar-refractivity contribution in [3.8, 4) is 0 Å². The molecule has 144 valence electrons. The molecule has 0 saturated carbocycles. The highest BCUT2D eigenvalue weighted by atomic mass is 16.5. The molecule has 1 atom stereocenters. The van der Waals surface area contributed by atoms with Crippen LogP contribution in [0, 0.1) is 20.8 Å². The zero-order valence-corrected chi connectivity index (χ0v) is 16.1. The molecule has 0 aliphatic rings. The third kappa shape index (κ3) is 4.55. The van der Waals surface area contributed by atoms with Gasteiger partial charge in [-0.25, -0.2) is 9.59 Å². The van der Waals surface area contributed by atoms with Gasteiger partial charge < -0.3 is 19.8 Å². The van der Waals surface area contributed by atoms with Crippen LogP contribution in [-0.2, 0) is 14.3 Å². The maximum atomic E-state index is 12.3. The van der Waals surface area contributed by atoms with E-state index in [1.165, 1.54) is 7.11 Å². The smallest absolute Gasteiger partial charge is 0.355 e. The fraction of sp³-hybridized carbons (Fsp3) is 0.350. The molecule has 7 heteroatoms. The lowest BCUT2D eigenvalue weighted by molar-refractivity contribution is -0.124. The SMILES string of the molecule is COC(=O)c1c(C)[nH]c(C(=O)OCC(=O)N[C@H](C)c2ccccc2C)c1C. The van der Waals surface area contributed by atoms with E-state index in [9.17, 15) is 14.4 Å². The molecule has 0 radical (unpaired) electrons. The standard InChI is InChI=1S/C20H24N2O5/c1-11-8-6-7-9-15(11)13(3)21-16(23)10-27-20(25)18-12(2)17(14(4)22-18)19(24)26-5/h6-9,13,22H,10H2,1-5H3,(H,21,23)/t13-/m1/s1. The van der Waals surface area contributed by atoms with Crippen LogP contribution in [0.5, 0.6) is 0 Å². The summed E-state index contributed by atoms with van der Waals surface area (Å²) in [6, 6.07) is 7.52. The molecule has 0 bridgehead atoms. The number of carbonyl (C=O) groups excluding carboxylic acids is 3. The second-order valence-electron chi connectivity index (χ2n) is 6.34. The molecule has 1 amide bonds. The van der Waals surface area contributed by atoms with Gasteiger partial charge in [0.25, 0.3) is 5.91 Å². The van der Waals surface area contributed by atoms with Gasteiger partial charge in [-0.1, -0.05) is 24.3 Å². The second-order valence-corrected chi connectivity index (χ2v) is 6.34. The Balaban J connectivity index is 1.98. The molecule has 27 heavy (non-hydrogen) atoms. The minimum atomic E-state index is -0.704. The van der Waals surface area contributed by atoms with Gasteiger partial charge in [0.1, 0.15) is 5.69 Å². The van der Waals surface area contributed by atoms with Crippen LogP contribution in [0.1, 0.15) is 56.2 Å². The Hall–Kier alpha value is -3.09. The number of nitrogens with one attached hydrogen (secondary N) is 2. The summed E-state index contributed by atoms with van der Waals surface area (Å²) in [7, 11) is 1.27. The zero-order chi connectivity index (χ0) is 20.1. The van der Waals surface area contributed by atoms with Crippen LogP contribution in [0.25, 0.3) is 0 Å². The summed E-state index contributed by atoms with van der Waals surface area (Å²) in [4.78, 5) is 39.0. The van der Waals surface area contributed by atoms with E-state index in [4.69, 9.17) is 9.47 Å². The monoisotopic (exact) mass is 372 g/mol. The van der Waals surface area contributed by atoms with E-state index in [1.807, 2.05) is 38.1 Å². The Bertz CT molecular complexity index is 869. The van der Waals surface area contributed by atoms with Crippen molar-refractivity contribution in [2.75, 3.05) is 13.7 Å². The third-order valence-electron chi connectivity index (χ3n) is 4.40. The van der Waals surface area contributed by atoms with Crippen LogP contribution < -0.4 is 5.32 Å². The number of aryl methyl sites for hydroxylation is 2. The van der Waals surface area contributed by atoms with Crippen LogP contribution in [0.15, 0.2) is 24.3 Å². The van der Waals surface area contributed by atoms with Gasteiger partial charge in [-0.2, -0.15) is 0 Å². The number of ether oxygens (including phenoxy) is 2. The summed E-state index contributed by atoms with van der Waals surface area (Å²) < 4.78 is 9.79. The molecule has 0 saturated heterocycles. The van der Waals surface area contributed by atoms with Gasteiger partial charge >= 0.3 is 11.9 Å². The van der Waals surface area contributed by atoms with Crippen LogP contribution in [0.3, 0.4) is 0 Å².